The number of aromatic nitrogens is 1. The Bertz CT molecular complexity index is 779. The van der Waals surface area contributed by atoms with Crippen LogP contribution in [0.3, 0.4) is 0 Å². The fraction of sp³-hybridized carbons (Fsp3) is 0.350. The molecular weight excluding hydrogens is 316 g/mol. The van der Waals surface area contributed by atoms with Gasteiger partial charge in [-0.25, -0.2) is 4.98 Å². The summed E-state index contributed by atoms with van der Waals surface area (Å²) in [6.45, 7) is 0.637. The second-order valence-electron chi connectivity index (χ2n) is 6.48. The Labute approximate surface area is 146 Å². The number of hydrogen-bond donors (Lipinski definition) is 1. The summed E-state index contributed by atoms with van der Waals surface area (Å²) in [7, 11) is 0. The number of benzene rings is 2. The summed E-state index contributed by atoms with van der Waals surface area (Å²) in [5.41, 5.74) is 9.57. The number of fused-ring (bicyclic) bond motifs is 1. The molecule has 124 valence electrons. The Kier molecular flexibility index (Phi) is 4.60. The van der Waals surface area contributed by atoms with E-state index in [1.807, 2.05) is 6.07 Å². The van der Waals surface area contributed by atoms with E-state index in [2.05, 4.69) is 42.5 Å². The summed E-state index contributed by atoms with van der Waals surface area (Å²) >= 11 is 1.73. The van der Waals surface area contributed by atoms with E-state index in [1.165, 1.54) is 23.1 Å². The standard InChI is InChI=1S/C20H22N2OS/c21-16-5-1-3-7-18(16)23-13-14-9-11-15(12-10-14)20-22-17-6-2-4-8-19(17)24-20/h2,4,6,8-12,16,18H,1,3,5,7,13,21H2. The molecule has 2 atom stereocenters. The van der Waals surface area contributed by atoms with Gasteiger partial charge in [0.05, 0.1) is 22.9 Å². The minimum atomic E-state index is 0.195. The van der Waals surface area contributed by atoms with Crippen LogP contribution in [0.15, 0.2) is 48.5 Å². The van der Waals surface area contributed by atoms with Crippen molar-refractivity contribution in [3.05, 3.63) is 54.1 Å². The van der Waals surface area contributed by atoms with Gasteiger partial charge >= 0.3 is 0 Å². The van der Waals surface area contributed by atoms with E-state index in [0.717, 1.165) is 28.9 Å². The second kappa shape index (κ2) is 7.01. The predicted octanol–water partition coefficient (Wildman–Crippen LogP) is 4.75. The van der Waals surface area contributed by atoms with Gasteiger partial charge in [0.1, 0.15) is 5.01 Å². The molecule has 3 nitrogen and oxygen atoms in total. The summed E-state index contributed by atoms with van der Waals surface area (Å²) < 4.78 is 7.26. The van der Waals surface area contributed by atoms with Crippen LogP contribution in [-0.2, 0) is 11.3 Å². The fourth-order valence-electron chi connectivity index (χ4n) is 3.27. The maximum Gasteiger partial charge on any atom is 0.124 e. The van der Waals surface area contributed by atoms with Crippen molar-refractivity contribution < 1.29 is 4.74 Å². The average Bonchev–Trinajstić information content (AvgIpc) is 3.06. The van der Waals surface area contributed by atoms with Crippen LogP contribution < -0.4 is 5.73 Å². The summed E-state index contributed by atoms with van der Waals surface area (Å²) in [5.74, 6) is 0. The van der Waals surface area contributed by atoms with Crippen molar-refractivity contribution in [3.8, 4) is 10.6 Å². The van der Waals surface area contributed by atoms with Crippen LogP contribution in [0.2, 0.25) is 0 Å². The quantitative estimate of drug-likeness (QED) is 0.747. The zero-order valence-corrected chi connectivity index (χ0v) is 14.5. The highest BCUT2D eigenvalue weighted by molar-refractivity contribution is 7.21. The van der Waals surface area contributed by atoms with E-state index >= 15 is 0 Å². The molecule has 0 aliphatic heterocycles. The van der Waals surface area contributed by atoms with Crippen molar-refractivity contribution in [2.75, 3.05) is 0 Å². The predicted molar refractivity (Wildman–Crippen MR) is 100 cm³/mol. The van der Waals surface area contributed by atoms with Crippen molar-refractivity contribution in [2.45, 2.75) is 44.4 Å². The van der Waals surface area contributed by atoms with Gasteiger partial charge in [0, 0.05) is 11.6 Å². The van der Waals surface area contributed by atoms with Crippen LogP contribution in [0.25, 0.3) is 20.8 Å². The van der Waals surface area contributed by atoms with Crippen molar-refractivity contribution in [1.82, 2.24) is 4.98 Å². The fourth-order valence-corrected chi connectivity index (χ4v) is 4.25. The summed E-state index contributed by atoms with van der Waals surface area (Å²) in [5, 5.41) is 1.07. The molecule has 1 fully saturated rings. The molecule has 0 saturated heterocycles. The maximum atomic E-state index is 6.15. The lowest BCUT2D eigenvalue weighted by atomic mass is 9.93. The first-order valence-electron chi connectivity index (χ1n) is 8.62. The number of nitrogens with two attached hydrogens (primary N) is 1. The number of ether oxygens (including phenoxy) is 1. The zero-order valence-electron chi connectivity index (χ0n) is 13.7. The van der Waals surface area contributed by atoms with E-state index in [4.69, 9.17) is 15.5 Å². The van der Waals surface area contributed by atoms with Crippen molar-refractivity contribution in [1.29, 1.82) is 0 Å². The lowest BCUT2D eigenvalue weighted by Gasteiger charge is -2.28. The Morgan fingerprint density at radius 2 is 1.83 bits per heavy atom. The molecule has 2 N–H and O–H groups in total. The molecule has 1 aliphatic rings. The Morgan fingerprint density at radius 1 is 1.04 bits per heavy atom. The van der Waals surface area contributed by atoms with Crippen LogP contribution in [0.5, 0.6) is 0 Å². The highest BCUT2D eigenvalue weighted by atomic mass is 32.1. The molecule has 1 aliphatic carbocycles. The molecule has 0 radical (unpaired) electrons. The Morgan fingerprint density at radius 3 is 2.62 bits per heavy atom. The van der Waals surface area contributed by atoms with Gasteiger partial charge in [-0.3, -0.25) is 0 Å². The molecule has 1 saturated carbocycles. The first kappa shape index (κ1) is 15.8. The van der Waals surface area contributed by atoms with Crippen LogP contribution in [0.4, 0.5) is 0 Å². The van der Waals surface area contributed by atoms with Gasteiger partial charge in [-0.05, 0) is 30.5 Å². The lowest BCUT2D eigenvalue weighted by Crippen LogP contribution is -2.39. The van der Waals surface area contributed by atoms with E-state index in [9.17, 15) is 0 Å². The molecule has 4 rings (SSSR count). The van der Waals surface area contributed by atoms with Crippen LogP contribution in [0, 0.1) is 0 Å². The summed E-state index contributed by atoms with van der Waals surface area (Å²) in [6, 6.07) is 17.0. The average molecular weight is 338 g/mol. The van der Waals surface area contributed by atoms with Crippen LogP contribution >= 0.6 is 11.3 Å². The third-order valence-corrected chi connectivity index (χ3v) is 5.80. The molecule has 2 aromatic carbocycles. The van der Waals surface area contributed by atoms with Gasteiger partial charge in [-0.15, -0.1) is 11.3 Å². The lowest BCUT2D eigenvalue weighted by molar-refractivity contribution is 0.00405. The number of hydrogen-bond acceptors (Lipinski definition) is 4. The van der Waals surface area contributed by atoms with Crippen molar-refractivity contribution in [3.63, 3.8) is 0 Å². The van der Waals surface area contributed by atoms with Crippen LogP contribution in [0.1, 0.15) is 31.2 Å². The highest BCUT2D eigenvalue weighted by Crippen LogP contribution is 2.30. The molecule has 24 heavy (non-hydrogen) atoms. The molecular formula is C20H22N2OS. The smallest absolute Gasteiger partial charge is 0.124 e. The topological polar surface area (TPSA) is 48.1 Å². The molecule has 0 bridgehead atoms. The van der Waals surface area contributed by atoms with E-state index in [1.54, 1.807) is 11.3 Å². The molecule has 3 aromatic rings. The highest BCUT2D eigenvalue weighted by Gasteiger charge is 2.22. The minimum Gasteiger partial charge on any atom is -0.372 e. The SMILES string of the molecule is NC1CCCCC1OCc1ccc(-c2nc3ccccc3s2)cc1. The van der Waals surface area contributed by atoms with Gasteiger partial charge in [0.15, 0.2) is 0 Å². The van der Waals surface area contributed by atoms with Gasteiger partial charge in [-0.2, -0.15) is 0 Å². The van der Waals surface area contributed by atoms with Gasteiger partial charge in [0.25, 0.3) is 0 Å². The van der Waals surface area contributed by atoms with Gasteiger partial charge in [0.2, 0.25) is 0 Å². The first-order valence-corrected chi connectivity index (χ1v) is 9.43. The largest absolute Gasteiger partial charge is 0.372 e. The molecule has 0 amide bonds. The van der Waals surface area contributed by atoms with E-state index < -0.39 is 0 Å². The van der Waals surface area contributed by atoms with Crippen LogP contribution in [-0.4, -0.2) is 17.1 Å². The van der Waals surface area contributed by atoms with E-state index in [0.29, 0.717) is 6.61 Å². The molecule has 1 heterocycles. The number of thiazole rings is 1. The Hall–Kier alpha value is -1.75. The second-order valence-corrected chi connectivity index (χ2v) is 7.51. The number of nitrogens with zero attached hydrogens (tertiary/aromatic N) is 1. The van der Waals surface area contributed by atoms with Gasteiger partial charge in [-0.1, -0.05) is 49.2 Å². The summed E-state index contributed by atoms with van der Waals surface area (Å²) in [6.07, 6.45) is 4.85. The normalized spacial score (nSPS) is 21.2. The zero-order chi connectivity index (χ0) is 16.4. The third-order valence-electron chi connectivity index (χ3n) is 4.71. The van der Waals surface area contributed by atoms with Gasteiger partial charge < -0.3 is 10.5 Å². The number of para-hydroxylation sites is 1. The third kappa shape index (κ3) is 3.36. The van der Waals surface area contributed by atoms with E-state index in [-0.39, 0.29) is 12.1 Å². The molecule has 0 spiro atoms. The first-order chi connectivity index (χ1) is 11.8. The van der Waals surface area contributed by atoms with Crippen molar-refractivity contribution >= 4 is 21.6 Å². The monoisotopic (exact) mass is 338 g/mol. The summed E-state index contributed by atoms with van der Waals surface area (Å²) in [4.78, 5) is 4.71. The minimum absolute atomic E-state index is 0.195. The molecule has 2 unspecified atom stereocenters. The molecule has 1 aromatic heterocycles. The number of rotatable bonds is 4. The molecule has 4 heteroatoms. The van der Waals surface area contributed by atoms with Crippen molar-refractivity contribution in [2.24, 2.45) is 5.73 Å². The Balaban J connectivity index is 1.44. The maximum absolute atomic E-state index is 6.15.